The summed E-state index contributed by atoms with van der Waals surface area (Å²) < 4.78 is 18.3. The summed E-state index contributed by atoms with van der Waals surface area (Å²) in [6.45, 7) is 2.36. The van der Waals surface area contributed by atoms with E-state index in [1.165, 1.54) is 29.5 Å². The molecule has 1 unspecified atom stereocenters. The van der Waals surface area contributed by atoms with Crippen LogP contribution in [-0.4, -0.2) is 48.0 Å². The predicted octanol–water partition coefficient (Wildman–Crippen LogP) is 3.78. The maximum atomic E-state index is 12.2. The quantitative estimate of drug-likeness (QED) is 0.748. The topological polar surface area (TPSA) is 44.7 Å². The molecule has 1 spiro atoms. The number of benzene rings is 2. The SMILES string of the molecule is Oc1ccc2c(c1)CC1(CC1)NC2Cc1ccc(OC2CN(CCCF)C2)cc1. The lowest BCUT2D eigenvalue weighted by Crippen LogP contribution is -2.53. The Morgan fingerprint density at radius 1 is 1.14 bits per heavy atom. The van der Waals surface area contributed by atoms with Crippen LogP contribution in [-0.2, 0) is 12.8 Å². The lowest BCUT2D eigenvalue weighted by Gasteiger charge is -2.38. The molecule has 2 N–H and O–H groups in total. The highest BCUT2D eigenvalue weighted by Crippen LogP contribution is 2.46. The molecule has 0 bridgehead atoms. The molecule has 0 radical (unpaired) electrons. The highest BCUT2D eigenvalue weighted by Gasteiger charge is 2.47. The van der Waals surface area contributed by atoms with E-state index in [0.29, 0.717) is 12.2 Å². The number of rotatable bonds is 7. The van der Waals surface area contributed by atoms with Gasteiger partial charge in [-0.1, -0.05) is 18.2 Å². The van der Waals surface area contributed by atoms with E-state index in [0.717, 1.165) is 38.2 Å². The van der Waals surface area contributed by atoms with E-state index in [1.807, 2.05) is 6.07 Å². The van der Waals surface area contributed by atoms with Gasteiger partial charge in [-0.05, 0) is 73.1 Å². The van der Waals surface area contributed by atoms with Gasteiger partial charge in [-0.2, -0.15) is 0 Å². The number of halogens is 1. The number of nitrogens with zero attached hydrogens (tertiary/aromatic N) is 1. The van der Waals surface area contributed by atoms with Gasteiger partial charge >= 0.3 is 0 Å². The fourth-order valence-corrected chi connectivity index (χ4v) is 4.78. The summed E-state index contributed by atoms with van der Waals surface area (Å²) in [5.41, 5.74) is 4.12. The number of hydrogen-bond donors (Lipinski definition) is 2. The number of phenolic OH excluding ortho intramolecular Hbond substituents is 1. The van der Waals surface area contributed by atoms with Gasteiger partial charge in [0.1, 0.15) is 17.6 Å². The average Bonchev–Trinajstić information content (AvgIpc) is 3.42. The van der Waals surface area contributed by atoms with Crippen molar-refractivity contribution in [3.63, 3.8) is 0 Å². The molecule has 0 aromatic heterocycles. The van der Waals surface area contributed by atoms with E-state index in [-0.39, 0.29) is 24.4 Å². The number of fused-ring (bicyclic) bond motifs is 1. The first kappa shape index (κ1) is 18.9. The minimum absolute atomic E-state index is 0.217. The Kier molecular flexibility index (Phi) is 4.96. The third-order valence-electron chi connectivity index (χ3n) is 6.56. The van der Waals surface area contributed by atoms with Gasteiger partial charge in [0.2, 0.25) is 0 Å². The molecule has 2 aromatic rings. The van der Waals surface area contributed by atoms with Crippen LogP contribution in [0.15, 0.2) is 42.5 Å². The maximum absolute atomic E-state index is 12.2. The van der Waals surface area contributed by atoms with Crippen LogP contribution in [0.4, 0.5) is 4.39 Å². The normalized spacial score (nSPS) is 22.9. The van der Waals surface area contributed by atoms with Crippen LogP contribution in [0, 0.1) is 0 Å². The van der Waals surface area contributed by atoms with E-state index in [2.05, 4.69) is 40.5 Å². The summed E-state index contributed by atoms with van der Waals surface area (Å²) >= 11 is 0. The van der Waals surface area contributed by atoms with Crippen LogP contribution in [0.1, 0.15) is 42.0 Å². The van der Waals surface area contributed by atoms with E-state index in [9.17, 15) is 9.50 Å². The molecule has 2 aromatic carbocycles. The third-order valence-corrected chi connectivity index (χ3v) is 6.56. The fourth-order valence-electron chi connectivity index (χ4n) is 4.78. The summed E-state index contributed by atoms with van der Waals surface area (Å²) in [6.07, 6.45) is 5.21. The number of phenols is 1. The first-order valence-corrected chi connectivity index (χ1v) is 10.8. The zero-order valence-electron chi connectivity index (χ0n) is 16.7. The Morgan fingerprint density at radius 2 is 1.93 bits per heavy atom. The number of alkyl halides is 1. The van der Waals surface area contributed by atoms with Crippen molar-refractivity contribution in [2.45, 2.75) is 49.8 Å². The first-order valence-electron chi connectivity index (χ1n) is 10.8. The van der Waals surface area contributed by atoms with Crippen molar-refractivity contribution in [1.29, 1.82) is 0 Å². The minimum Gasteiger partial charge on any atom is -0.508 e. The molecular formula is C24H29FN2O2. The van der Waals surface area contributed by atoms with Crippen molar-refractivity contribution in [3.05, 3.63) is 59.2 Å². The summed E-state index contributed by atoms with van der Waals surface area (Å²) in [5, 5.41) is 13.8. The monoisotopic (exact) mass is 396 g/mol. The van der Waals surface area contributed by atoms with Crippen molar-refractivity contribution < 1.29 is 14.2 Å². The van der Waals surface area contributed by atoms with E-state index < -0.39 is 0 Å². The lowest BCUT2D eigenvalue weighted by molar-refractivity contribution is 0.0184. The molecule has 4 nitrogen and oxygen atoms in total. The molecule has 2 fully saturated rings. The molecule has 2 aliphatic heterocycles. The second-order valence-corrected chi connectivity index (χ2v) is 8.93. The Bertz CT molecular complexity index is 860. The van der Waals surface area contributed by atoms with Gasteiger partial charge in [0.05, 0.1) is 6.67 Å². The van der Waals surface area contributed by atoms with E-state index >= 15 is 0 Å². The zero-order valence-corrected chi connectivity index (χ0v) is 16.7. The molecule has 1 saturated heterocycles. The van der Waals surface area contributed by atoms with E-state index in [1.54, 1.807) is 6.07 Å². The molecule has 1 saturated carbocycles. The Balaban J connectivity index is 1.21. The van der Waals surface area contributed by atoms with Crippen LogP contribution < -0.4 is 10.1 Å². The Hall–Kier alpha value is -2.11. The van der Waals surface area contributed by atoms with Gasteiger partial charge in [-0.25, -0.2) is 0 Å². The molecule has 1 aliphatic carbocycles. The van der Waals surface area contributed by atoms with Crippen LogP contribution in [0.2, 0.25) is 0 Å². The van der Waals surface area contributed by atoms with Gasteiger partial charge in [-0.3, -0.25) is 9.29 Å². The van der Waals surface area contributed by atoms with Crippen molar-refractivity contribution in [1.82, 2.24) is 10.2 Å². The summed E-state index contributed by atoms with van der Waals surface area (Å²) in [5.74, 6) is 1.27. The fraction of sp³-hybridized carbons (Fsp3) is 0.500. The molecule has 0 amide bonds. The second-order valence-electron chi connectivity index (χ2n) is 8.93. The van der Waals surface area contributed by atoms with Crippen molar-refractivity contribution in [2.75, 3.05) is 26.3 Å². The largest absolute Gasteiger partial charge is 0.508 e. The Labute approximate surface area is 171 Å². The maximum Gasteiger partial charge on any atom is 0.124 e. The summed E-state index contributed by atoms with van der Waals surface area (Å²) in [4.78, 5) is 2.23. The number of likely N-dealkylation sites (tertiary alicyclic amines) is 1. The van der Waals surface area contributed by atoms with Crippen molar-refractivity contribution in [3.8, 4) is 11.5 Å². The summed E-state index contributed by atoms with van der Waals surface area (Å²) in [6, 6.07) is 14.5. The first-order chi connectivity index (χ1) is 14.1. The molecule has 1 atom stereocenters. The summed E-state index contributed by atoms with van der Waals surface area (Å²) in [7, 11) is 0. The molecule has 29 heavy (non-hydrogen) atoms. The smallest absolute Gasteiger partial charge is 0.124 e. The molecule has 5 heteroatoms. The molecule has 2 heterocycles. The number of nitrogens with one attached hydrogen (secondary N) is 1. The van der Waals surface area contributed by atoms with Crippen LogP contribution in [0.3, 0.4) is 0 Å². The van der Waals surface area contributed by atoms with Crippen LogP contribution in [0.5, 0.6) is 11.5 Å². The highest BCUT2D eigenvalue weighted by atomic mass is 19.1. The van der Waals surface area contributed by atoms with Gasteiger partial charge in [0, 0.05) is 31.2 Å². The lowest BCUT2D eigenvalue weighted by atomic mass is 9.86. The number of hydrogen-bond acceptors (Lipinski definition) is 4. The molecule has 154 valence electrons. The highest BCUT2D eigenvalue weighted by molar-refractivity contribution is 5.42. The van der Waals surface area contributed by atoms with Crippen LogP contribution in [0.25, 0.3) is 0 Å². The molecular weight excluding hydrogens is 367 g/mol. The minimum atomic E-state index is -0.244. The van der Waals surface area contributed by atoms with E-state index in [4.69, 9.17) is 4.74 Å². The van der Waals surface area contributed by atoms with Crippen molar-refractivity contribution in [2.24, 2.45) is 0 Å². The predicted molar refractivity (Wildman–Crippen MR) is 111 cm³/mol. The van der Waals surface area contributed by atoms with Crippen molar-refractivity contribution >= 4 is 0 Å². The Morgan fingerprint density at radius 3 is 2.66 bits per heavy atom. The van der Waals surface area contributed by atoms with Gasteiger partial charge < -0.3 is 15.2 Å². The zero-order chi connectivity index (χ0) is 19.8. The standard InChI is InChI=1S/C24H29FN2O2/c25-10-1-11-27-15-21(16-27)29-20-5-2-17(3-6-20)12-23-22-7-4-19(28)13-18(22)14-24(26-23)8-9-24/h2-7,13,21,23,26,28H,1,8-12,14-16H2. The molecule has 3 aliphatic rings. The number of ether oxygens (including phenoxy) is 1. The third kappa shape index (κ3) is 4.12. The second kappa shape index (κ2) is 7.62. The van der Waals surface area contributed by atoms with Gasteiger partial charge in [-0.15, -0.1) is 0 Å². The number of aromatic hydroxyl groups is 1. The average molecular weight is 397 g/mol. The van der Waals surface area contributed by atoms with Crippen LogP contribution >= 0.6 is 0 Å². The van der Waals surface area contributed by atoms with Gasteiger partial charge in [0.15, 0.2) is 0 Å². The van der Waals surface area contributed by atoms with Gasteiger partial charge in [0.25, 0.3) is 0 Å². The molecule has 5 rings (SSSR count).